The lowest BCUT2D eigenvalue weighted by molar-refractivity contribution is -0.274. The lowest BCUT2D eigenvalue weighted by Crippen LogP contribution is -2.34. The molecule has 1 aliphatic carbocycles. The van der Waals surface area contributed by atoms with Crippen molar-refractivity contribution in [2.24, 2.45) is 0 Å². The maximum Gasteiger partial charge on any atom is 0.573 e. The summed E-state index contributed by atoms with van der Waals surface area (Å²) in [5, 5.41) is 2.71. The van der Waals surface area contributed by atoms with Crippen LogP contribution in [-0.4, -0.2) is 36.9 Å². The molecule has 0 unspecified atom stereocenters. The van der Waals surface area contributed by atoms with Crippen molar-refractivity contribution in [3.05, 3.63) is 54.1 Å². The van der Waals surface area contributed by atoms with Gasteiger partial charge in [0, 0.05) is 23.8 Å². The lowest BCUT2D eigenvalue weighted by atomic mass is 10.2. The predicted molar refractivity (Wildman–Crippen MR) is 98.2 cm³/mol. The molecule has 0 atom stereocenters. The Morgan fingerprint density at radius 3 is 2.43 bits per heavy atom. The molecule has 0 radical (unpaired) electrons. The van der Waals surface area contributed by atoms with Gasteiger partial charge in [-0.25, -0.2) is 0 Å². The van der Waals surface area contributed by atoms with Gasteiger partial charge in [-0.1, -0.05) is 18.2 Å². The van der Waals surface area contributed by atoms with Crippen molar-refractivity contribution in [3.63, 3.8) is 0 Å². The van der Waals surface area contributed by atoms with E-state index < -0.39 is 6.36 Å². The SMILES string of the molecule is COc1ccccc1CN(CC(=O)Nc1ccc(OC(F)(F)F)cc1)C1CC1. The molecule has 0 aliphatic heterocycles. The van der Waals surface area contributed by atoms with Crippen molar-refractivity contribution in [1.82, 2.24) is 4.90 Å². The van der Waals surface area contributed by atoms with Crippen molar-refractivity contribution in [2.75, 3.05) is 19.0 Å². The van der Waals surface area contributed by atoms with Gasteiger partial charge in [0.25, 0.3) is 0 Å². The summed E-state index contributed by atoms with van der Waals surface area (Å²) in [6.07, 6.45) is -2.67. The average molecular weight is 394 g/mol. The Kier molecular flexibility index (Phi) is 6.08. The van der Waals surface area contributed by atoms with E-state index in [0.717, 1.165) is 36.3 Å². The first kappa shape index (κ1) is 20.0. The first-order valence-electron chi connectivity index (χ1n) is 8.85. The van der Waals surface area contributed by atoms with Gasteiger partial charge in [-0.2, -0.15) is 0 Å². The summed E-state index contributed by atoms with van der Waals surface area (Å²) in [6.45, 7) is 0.768. The van der Waals surface area contributed by atoms with Gasteiger partial charge in [0.15, 0.2) is 0 Å². The second-order valence-electron chi connectivity index (χ2n) is 6.57. The second-order valence-corrected chi connectivity index (χ2v) is 6.57. The van der Waals surface area contributed by atoms with Gasteiger partial charge in [0.05, 0.1) is 13.7 Å². The van der Waals surface area contributed by atoms with E-state index in [1.54, 1.807) is 7.11 Å². The Morgan fingerprint density at radius 2 is 1.82 bits per heavy atom. The smallest absolute Gasteiger partial charge is 0.496 e. The van der Waals surface area contributed by atoms with Crippen LogP contribution in [0.2, 0.25) is 0 Å². The van der Waals surface area contributed by atoms with E-state index in [4.69, 9.17) is 4.74 Å². The van der Waals surface area contributed by atoms with Crippen LogP contribution in [0.4, 0.5) is 18.9 Å². The molecule has 0 saturated heterocycles. The third-order valence-corrected chi connectivity index (χ3v) is 4.35. The molecule has 28 heavy (non-hydrogen) atoms. The fourth-order valence-electron chi connectivity index (χ4n) is 2.93. The minimum absolute atomic E-state index is 0.184. The Bertz CT molecular complexity index is 805. The number of halogens is 3. The molecule has 0 aromatic heterocycles. The van der Waals surface area contributed by atoms with Gasteiger partial charge < -0.3 is 14.8 Å². The van der Waals surface area contributed by atoms with Crippen molar-refractivity contribution in [1.29, 1.82) is 0 Å². The second kappa shape index (κ2) is 8.52. The Hall–Kier alpha value is -2.74. The van der Waals surface area contributed by atoms with Crippen LogP contribution >= 0.6 is 0 Å². The molecule has 3 rings (SSSR count). The highest BCUT2D eigenvalue weighted by atomic mass is 19.4. The monoisotopic (exact) mass is 394 g/mol. The van der Waals surface area contributed by atoms with E-state index in [-0.39, 0.29) is 18.2 Å². The van der Waals surface area contributed by atoms with Crippen molar-refractivity contribution in [2.45, 2.75) is 31.8 Å². The number of benzene rings is 2. The molecular weight excluding hydrogens is 373 g/mol. The number of alkyl halides is 3. The third-order valence-electron chi connectivity index (χ3n) is 4.35. The van der Waals surface area contributed by atoms with Gasteiger partial charge in [0.2, 0.25) is 5.91 Å². The van der Waals surface area contributed by atoms with Crippen molar-refractivity contribution >= 4 is 11.6 Å². The van der Waals surface area contributed by atoms with Crippen molar-refractivity contribution in [3.8, 4) is 11.5 Å². The number of carbonyl (C=O) groups is 1. The Labute approximate surface area is 161 Å². The molecule has 1 N–H and O–H groups in total. The zero-order chi connectivity index (χ0) is 20.1. The topological polar surface area (TPSA) is 50.8 Å². The summed E-state index contributed by atoms with van der Waals surface area (Å²) in [4.78, 5) is 14.5. The highest BCUT2D eigenvalue weighted by molar-refractivity contribution is 5.92. The molecule has 1 aliphatic rings. The number of carbonyl (C=O) groups excluding carboxylic acids is 1. The van der Waals surface area contributed by atoms with Crippen molar-refractivity contribution < 1.29 is 27.4 Å². The molecule has 8 heteroatoms. The van der Waals surface area contributed by atoms with Gasteiger partial charge in [0.1, 0.15) is 11.5 Å². The van der Waals surface area contributed by atoms with Gasteiger partial charge in [-0.15, -0.1) is 13.2 Å². The maximum absolute atomic E-state index is 12.4. The normalized spacial score (nSPS) is 14.0. The van der Waals surface area contributed by atoms with E-state index in [1.807, 2.05) is 24.3 Å². The third kappa shape index (κ3) is 5.88. The highest BCUT2D eigenvalue weighted by Crippen LogP contribution is 2.30. The Morgan fingerprint density at radius 1 is 1.14 bits per heavy atom. The fraction of sp³-hybridized carbons (Fsp3) is 0.350. The number of nitrogens with one attached hydrogen (secondary N) is 1. The van der Waals surface area contributed by atoms with E-state index in [1.165, 1.54) is 12.1 Å². The van der Waals surface area contributed by atoms with Gasteiger partial charge >= 0.3 is 6.36 Å². The molecule has 5 nitrogen and oxygen atoms in total. The fourth-order valence-corrected chi connectivity index (χ4v) is 2.93. The summed E-state index contributed by atoms with van der Waals surface area (Å²) < 4.78 is 45.8. The first-order chi connectivity index (χ1) is 13.3. The molecule has 150 valence electrons. The molecule has 0 bridgehead atoms. The minimum atomic E-state index is -4.74. The number of hydrogen-bond donors (Lipinski definition) is 1. The standard InChI is InChI=1S/C20H21F3N2O3/c1-27-18-5-3-2-4-14(18)12-25(16-8-9-16)13-19(26)24-15-6-10-17(11-7-15)28-20(21,22)23/h2-7,10-11,16H,8-9,12-13H2,1H3,(H,24,26). The Balaban J connectivity index is 1.59. The zero-order valence-corrected chi connectivity index (χ0v) is 15.3. The largest absolute Gasteiger partial charge is 0.573 e. The van der Waals surface area contributed by atoms with Crippen LogP contribution in [0.15, 0.2) is 48.5 Å². The summed E-state index contributed by atoms with van der Waals surface area (Å²) in [6, 6.07) is 13.1. The number of methoxy groups -OCH3 is 1. The number of hydrogen-bond acceptors (Lipinski definition) is 4. The first-order valence-corrected chi connectivity index (χ1v) is 8.85. The summed E-state index contributed by atoms with van der Waals surface area (Å²) in [5.74, 6) is 0.210. The van der Waals surface area contributed by atoms with Crippen LogP contribution in [-0.2, 0) is 11.3 Å². The number of amides is 1. The van der Waals surface area contributed by atoms with E-state index >= 15 is 0 Å². The molecular formula is C20H21F3N2O3. The number of rotatable bonds is 8. The predicted octanol–water partition coefficient (Wildman–Crippen LogP) is 4.20. The average Bonchev–Trinajstić information content (AvgIpc) is 3.47. The van der Waals surface area contributed by atoms with Crippen LogP contribution in [0.3, 0.4) is 0 Å². The zero-order valence-electron chi connectivity index (χ0n) is 15.3. The number of anilines is 1. The molecule has 1 fully saturated rings. The molecule has 0 heterocycles. The number of ether oxygens (including phenoxy) is 2. The molecule has 2 aromatic rings. The van der Waals surface area contributed by atoms with E-state index in [0.29, 0.717) is 18.3 Å². The lowest BCUT2D eigenvalue weighted by Gasteiger charge is -2.22. The van der Waals surface area contributed by atoms with Gasteiger partial charge in [-0.3, -0.25) is 9.69 Å². The number of nitrogens with zero attached hydrogens (tertiary/aromatic N) is 1. The van der Waals surface area contributed by atoms with Crippen LogP contribution < -0.4 is 14.8 Å². The van der Waals surface area contributed by atoms with Gasteiger partial charge in [-0.05, 0) is 43.2 Å². The van der Waals surface area contributed by atoms with Crippen LogP contribution in [0, 0.1) is 0 Å². The summed E-state index contributed by atoms with van der Waals surface area (Å²) >= 11 is 0. The van der Waals surface area contributed by atoms with Crippen LogP contribution in [0.5, 0.6) is 11.5 Å². The quantitative estimate of drug-likeness (QED) is 0.729. The summed E-state index contributed by atoms with van der Waals surface area (Å²) in [7, 11) is 1.61. The summed E-state index contributed by atoms with van der Waals surface area (Å²) in [5.41, 5.74) is 1.41. The maximum atomic E-state index is 12.4. The molecule has 2 aromatic carbocycles. The highest BCUT2D eigenvalue weighted by Gasteiger charge is 2.32. The van der Waals surface area contributed by atoms with Crippen LogP contribution in [0.1, 0.15) is 18.4 Å². The van der Waals surface area contributed by atoms with E-state index in [9.17, 15) is 18.0 Å². The number of para-hydroxylation sites is 1. The molecule has 1 saturated carbocycles. The molecule has 1 amide bonds. The van der Waals surface area contributed by atoms with Crippen LogP contribution in [0.25, 0.3) is 0 Å². The van der Waals surface area contributed by atoms with E-state index in [2.05, 4.69) is 15.0 Å². The minimum Gasteiger partial charge on any atom is -0.496 e. The molecule has 0 spiro atoms.